The molecule has 0 aromatic heterocycles. The maximum atomic E-state index is 13.2. The van der Waals surface area contributed by atoms with E-state index in [9.17, 15) is 18.4 Å². The highest BCUT2D eigenvalue weighted by Crippen LogP contribution is 2.15. The highest BCUT2D eigenvalue weighted by Gasteiger charge is 2.20. The number of halogens is 2. The Morgan fingerprint density at radius 1 is 1.14 bits per heavy atom. The van der Waals surface area contributed by atoms with Gasteiger partial charge < -0.3 is 15.3 Å². The summed E-state index contributed by atoms with van der Waals surface area (Å²) in [5.41, 5.74) is -0.936. The van der Waals surface area contributed by atoms with E-state index < -0.39 is 29.1 Å². The van der Waals surface area contributed by atoms with Crippen LogP contribution in [0.5, 0.6) is 0 Å². The van der Waals surface area contributed by atoms with E-state index in [4.69, 9.17) is 5.11 Å². The molecular weight excluding hydrogens is 282 g/mol. The summed E-state index contributed by atoms with van der Waals surface area (Å²) in [7, 11) is 3.86. The quantitative estimate of drug-likeness (QED) is 0.753. The van der Waals surface area contributed by atoms with E-state index in [0.29, 0.717) is 25.1 Å². The zero-order valence-corrected chi connectivity index (χ0v) is 11.9. The van der Waals surface area contributed by atoms with E-state index in [2.05, 4.69) is 5.32 Å². The third-order valence-electron chi connectivity index (χ3n) is 2.85. The molecule has 1 amide bonds. The Morgan fingerprint density at radius 3 is 2.24 bits per heavy atom. The summed E-state index contributed by atoms with van der Waals surface area (Å²) >= 11 is 0. The third kappa shape index (κ3) is 5.11. The van der Waals surface area contributed by atoms with Crippen LogP contribution < -0.4 is 5.32 Å². The fourth-order valence-corrected chi connectivity index (χ4v) is 1.76. The topological polar surface area (TPSA) is 69.6 Å². The van der Waals surface area contributed by atoms with Crippen LogP contribution >= 0.6 is 0 Å². The lowest BCUT2D eigenvalue weighted by atomic mass is 10.1. The molecule has 0 saturated heterocycles. The number of unbranched alkanes of at least 4 members (excludes halogenated alkanes) is 1. The average Bonchev–Trinajstić information content (AvgIpc) is 2.40. The van der Waals surface area contributed by atoms with Crippen LogP contribution in [-0.2, 0) is 0 Å². The van der Waals surface area contributed by atoms with Crippen molar-refractivity contribution in [3.63, 3.8) is 0 Å². The molecule has 0 spiro atoms. The molecule has 21 heavy (non-hydrogen) atoms. The molecule has 0 fully saturated rings. The minimum Gasteiger partial charge on any atom is -0.478 e. The SMILES string of the molecule is CN(C)CCCCNC(=O)c1cc(F)c(F)cc1C(=O)O. The van der Waals surface area contributed by atoms with Crippen molar-refractivity contribution in [3.8, 4) is 0 Å². The van der Waals surface area contributed by atoms with Crippen molar-refractivity contribution in [2.45, 2.75) is 12.8 Å². The molecule has 1 aromatic carbocycles. The van der Waals surface area contributed by atoms with E-state index in [0.717, 1.165) is 13.0 Å². The summed E-state index contributed by atoms with van der Waals surface area (Å²) in [4.78, 5) is 24.8. The number of carbonyl (C=O) groups is 2. The number of amides is 1. The van der Waals surface area contributed by atoms with Gasteiger partial charge in [0.1, 0.15) is 0 Å². The molecule has 0 saturated carbocycles. The minimum atomic E-state index is -1.48. The molecule has 116 valence electrons. The van der Waals surface area contributed by atoms with Crippen LogP contribution in [0.3, 0.4) is 0 Å². The molecule has 0 aliphatic heterocycles. The van der Waals surface area contributed by atoms with E-state index in [1.54, 1.807) is 0 Å². The van der Waals surface area contributed by atoms with Crippen LogP contribution in [0.25, 0.3) is 0 Å². The molecule has 0 aliphatic rings. The maximum Gasteiger partial charge on any atom is 0.336 e. The van der Waals surface area contributed by atoms with Crippen molar-refractivity contribution in [2.24, 2.45) is 0 Å². The van der Waals surface area contributed by atoms with Crippen LogP contribution in [0, 0.1) is 11.6 Å². The summed E-state index contributed by atoms with van der Waals surface area (Å²) in [6.45, 7) is 1.20. The Hall–Kier alpha value is -2.02. The monoisotopic (exact) mass is 300 g/mol. The first-order valence-electron chi connectivity index (χ1n) is 6.48. The number of carbonyl (C=O) groups excluding carboxylic acids is 1. The molecule has 0 unspecified atom stereocenters. The van der Waals surface area contributed by atoms with Crippen molar-refractivity contribution < 1.29 is 23.5 Å². The van der Waals surface area contributed by atoms with Gasteiger partial charge >= 0.3 is 5.97 Å². The maximum absolute atomic E-state index is 13.2. The fraction of sp³-hybridized carbons (Fsp3) is 0.429. The van der Waals surface area contributed by atoms with Crippen molar-refractivity contribution in [1.29, 1.82) is 0 Å². The van der Waals surface area contributed by atoms with Crippen molar-refractivity contribution in [2.75, 3.05) is 27.2 Å². The van der Waals surface area contributed by atoms with E-state index in [1.165, 1.54) is 0 Å². The lowest BCUT2D eigenvalue weighted by Crippen LogP contribution is -2.27. The van der Waals surface area contributed by atoms with Crippen LogP contribution in [0.4, 0.5) is 8.78 Å². The second-order valence-electron chi connectivity index (χ2n) is 4.88. The Kier molecular flexibility index (Phi) is 6.23. The van der Waals surface area contributed by atoms with Crippen LogP contribution in [-0.4, -0.2) is 49.1 Å². The van der Waals surface area contributed by atoms with E-state index in [-0.39, 0.29) is 5.56 Å². The first kappa shape index (κ1) is 17.0. The Balaban J connectivity index is 2.69. The molecule has 0 radical (unpaired) electrons. The number of hydrogen-bond donors (Lipinski definition) is 2. The van der Waals surface area contributed by atoms with Gasteiger partial charge in [0.2, 0.25) is 0 Å². The van der Waals surface area contributed by atoms with Gasteiger partial charge in [-0.3, -0.25) is 4.79 Å². The number of nitrogens with zero attached hydrogens (tertiary/aromatic N) is 1. The fourth-order valence-electron chi connectivity index (χ4n) is 1.76. The standard InChI is InChI=1S/C14H18F2N2O3/c1-18(2)6-4-3-5-17-13(19)9-7-11(15)12(16)8-10(9)14(20)21/h7-8H,3-6H2,1-2H3,(H,17,19)(H,20,21). The van der Waals surface area contributed by atoms with Gasteiger partial charge in [-0.05, 0) is 45.6 Å². The van der Waals surface area contributed by atoms with Gasteiger partial charge in [0, 0.05) is 6.54 Å². The molecule has 2 N–H and O–H groups in total. The minimum absolute atomic E-state index is 0.338. The van der Waals surface area contributed by atoms with Gasteiger partial charge in [-0.15, -0.1) is 0 Å². The summed E-state index contributed by atoms with van der Waals surface area (Å²) in [5, 5.41) is 11.4. The second kappa shape index (κ2) is 7.68. The van der Waals surface area contributed by atoms with Crippen molar-refractivity contribution in [3.05, 3.63) is 34.9 Å². The lowest BCUT2D eigenvalue weighted by molar-refractivity contribution is 0.0690. The number of hydrogen-bond acceptors (Lipinski definition) is 3. The highest BCUT2D eigenvalue weighted by atomic mass is 19.2. The molecule has 0 heterocycles. The first-order valence-corrected chi connectivity index (χ1v) is 6.48. The summed E-state index contributed by atoms with van der Waals surface area (Å²) < 4.78 is 26.2. The normalized spacial score (nSPS) is 10.7. The molecule has 1 aromatic rings. The largest absolute Gasteiger partial charge is 0.478 e. The zero-order chi connectivity index (χ0) is 16.0. The predicted molar refractivity (Wildman–Crippen MR) is 73.4 cm³/mol. The lowest BCUT2D eigenvalue weighted by Gasteiger charge is -2.10. The van der Waals surface area contributed by atoms with Gasteiger partial charge in [0.25, 0.3) is 5.91 Å². The van der Waals surface area contributed by atoms with E-state index >= 15 is 0 Å². The van der Waals surface area contributed by atoms with Gasteiger partial charge in [0.05, 0.1) is 11.1 Å². The highest BCUT2D eigenvalue weighted by molar-refractivity contribution is 6.04. The first-order chi connectivity index (χ1) is 9.82. The van der Waals surface area contributed by atoms with Crippen LogP contribution in [0.15, 0.2) is 12.1 Å². The molecule has 1 rings (SSSR count). The number of aromatic carboxylic acids is 1. The second-order valence-corrected chi connectivity index (χ2v) is 4.88. The smallest absolute Gasteiger partial charge is 0.336 e. The number of carboxylic acids is 1. The Morgan fingerprint density at radius 2 is 1.71 bits per heavy atom. The van der Waals surface area contributed by atoms with Gasteiger partial charge in [-0.1, -0.05) is 0 Å². The zero-order valence-electron chi connectivity index (χ0n) is 11.9. The van der Waals surface area contributed by atoms with Gasteiger partial charge in [0.15, 0.2) is 11.6 Å². The molecular formula is C14H18F2N2O3. The average molecular weight is 300 g/mol. The number of benzene rings is 1. The Bertz CT molecular complexity index is 533. The number of rotatable bonds is 7. The van der Waals surface area contributed by atoms with Crippen molar-refractivity contribution >= 4 is 11.9 Å². The van der Waals surface area contributed by atoms with Gasteiger partial charge in [-0.2, -0.15) is 0 Å². The molecule has 0 bridgehead atoms. The third-order valence-corrected chi connectivity index (χ3v) is 2.85. The van der Waals surface area contributed by atoms with E-state index in [1.807, 2.05) is 19.0 Å². The van der Waals surface area contributed by atoms with Crippen LogP contribution in [0.2, 0.25) is 0 Å². The van der Waals surface area contributed by atoms with Crippen LogP contribution in [0.1, 0.15) is 33.6 Å². The Labute approximate surface area is 121 Å². The molecule has 0 atom stereocenters. The number of nitrogens with one attached hydrogen (secondary N) is 1. The van der Waals surface area contributed by atoms with Gasteiger partial charge in [-0.25, -0.2) is 13.6 Å². The molecule has 7 heteroatoms. The number of carboxylic acid groups (broad SMARTS) is 1. The summed E-state index contributed by atoms with van der Waals surface area (Å²) in [6.07, 6.45) is 1.56. The summed E-state index contributed by atoms with van der Waals surface area (Å²) in [6, 6.07) is 1.12. The molecule has 5 nitrogen and oxygen atoms in total. The van der Waals surface area contributed by atoms with Crippen molar-refractivity contribution in [1.82, 2.24) is 10.2 Å². The summed E-state index contributed by atoms with van der Waals surface area (Å²) in [5.74, 6) is -4.75. The predicted octanol–water partition coefficient (Wildman–Crippen LogP) is 1.73. The molecule has 0 aliphatic carbocycles.